The number of nitrogen functional groups attached to an aromatic ring is 1. The van der Waals surface area contributed by atoms with Crippen LogP contribution in [-0.2, 0) is 6.18 Å². The second-order valence-corrected chi connectivity index (χ2v) is 1.97. The summed E-state index contributed by atoms with van der Waals surface area (Å²) in [6.45, 7) is 4.00. The second-order valence-electron chi connectivity index (χ2n) is 1.97. The number of nitrogens with two attached hydrogens (primary N) is 1. The van der Waals surface area contributed by atoms with Crippen LogP contribution in [0.3, 0.4) is 0 Å². The molecule has 0 spiro atoms. The van der Waals surface area contributed by atoms with E-state index in [1.807, 2.05) is 13.8 Å². The molecule has 1 aromatic heterocycles. The zero-order valence-corrected chi connectivity index (χ0v) is 7.39. The maximum atomic E-state index is 11.8. The van der Waals surface area contributed by atoms with Crippen LogP contribution in [0.15, 0.2) is 18.3 Å². The molecule has 0 saturated carbocycles. The van der Waals surface area contributed by atoms with Gasteiger partial charge in [-0.2, -0.15) is 13.2 Å². The fourth-order valence-corrected chi connectivity index (χ4v) is 0.573. The number of aromatic nitrogens is 1. The molecule has 1 aromatic rings. The molecule has 0 aliphatic carbocycles. The number of hydrogen-bond donors (Lipinski definition) is 1. The van der Waals surface area contributed by atoms with Crippen LogP contribution < -0.4 is 5.73 Å². The van der Waals surface area contributed by atoms with Crippen LogP contribution in [0, 0.1) is 0 Å². The van der Waals surface area contributed by atoms with Gasteiger partial charge in [0.1, 0.15) is 5.69 Å². The Kier molecular flexibility index (Phi) is 4.23. The molecule has 1 rings (SSSR count). The number of hydrogen-bond acceptors (Lipinski definition) is 2. The number of pyridine rings is 1. The minimum Gasteiger partial charge on any atom is -0.397 e. The van der Waals surface area contributed by atoms with E-state index in [9.17, 15) is 13.2 Å². The molecule has 74 valence electrons. The normalized spacial score (nSPS) is 10.2. The van der Waals surface area contributed by atoms with Gasteiger partial charge in [0, 0.05) is 0 Å². The lowest BCUT2D eigenvalue weighted by Gasteiger charge is -2.03. The molecule has 0 amide bonds. The first-order valence-electron chi connectivity index (χ1n) is 3.79. The topological polar surface area (TPSA) is 38.9 Å². The molecule has 0 atom stereocenters. The molecule has 0 unspecified atom stereocenters. The summed E-state index contributed by atoms with van der Waals surface area (Å²) in [4.78, 5) is 3.10. The molecule has 5 heteroatoms. The van der Waals surface area contributed by atoms with Crippen molar-refractivity contribution in [2.24, 2.45) is 0 Å². The van der Waals surface area contributed by atoms with E-state index in [0.717, 1.165) is 18.3 Å². The first kappa shape index (κ1) is 11.7. The van der Waals surface area contributed by atoms with E-state index in [1.165, 1.54) is 0 Å². The quantitative estimate of drug-likeness (QED) is 0.686. The predicted molar refractivity (Wildman–Crippen MR) is 45.0 cm³/mol. The number of alkyl halides is 3. The molecule has 0 bridgehead atoms. The molecule has 0 fully saturated rings. The van der Waals surface area contributed by atoms with E-state index in [2.05, 4.69) is 4.98 Å². The molecule has 0 saturated heterocycles. The van der Waals surface area contributed by atoms with Crippen molar-refractivity contribution in [2.45, 2.75) is 20.0 Å². The summed E-state index contributed by atoms with van der Waals surface area (Å²) in [6, 6.07) is 2.01. The molecular formula is C8H11F3N2. The second kappa shape index (κ2) is 4.69. The van der Waals surface area contributed by atoms with Crippen LogP contribution in [0.1, 0.15) is 19.5 Å². The molecule has 0 aromatic carbocycles. The van der Waals surface area contributed by atoms with Gasteiger partial charge in [0.25, 0.3) is 0 Å². The third-order valence-corrected chi connectivity index (χ3v) is 1.08. The van der Waals surface area contributed by atoms with Gasteiger partial charge in [-0.3, -0.25) is 0 Å². The molecule has 0 aliphatic rings. The Balaban J connectivity index is 0.000000671. The van der Waals surface area contributed by atoms with E-state index in [4.69, 9.17) is 5.73 Å². The Morgan fingerprint density at radius 2 is 1.77 bits per heavy atom. The van der Waals surface area contributed by atoms with Gasteiger partial charge in [0.2, 0.25) is 0 Å². The minimum absolute atomic E-state index is 0.220. The van der Waals surface area contributed by atoms with E-state index in [0.29, 0.717) is 0 Å². The van der Waals surface area contributed by atoms with Gasteiger partial charge in [-0.1, -0.05) is 13.8 Å². The number of halogens is 3. The number of nitrogens with zero attached hydrogens (tertiary/aromatic N) is 1. The van der Waals surface area contributed by atoms with E-state index < -0.39 is 11.9 Å². The number of rotatable bonds is 0. The van der Waals surface area contributed by atoms with Crippen LogP contribution in [0.2, 0.25) is 0 Å². The van der Waals surface area contributed by atoms with Crippen molar-refractivity contribution >= 4 is 5.69 Å². The van der Waals surface area contributed by atoms with E-state index in [-0.39, 0.29) is 5.69 Å². The minimum atomic E-state index is -4.38. The highest BCUT2D eigenvalue weighted by molar-refractivity contribution is 5.34. The third-order valence-electron chi connectivity index (χ3n) is 1.08. The zero-order chi connectivity index (χ0) is 10.5. The lowest BCUT2D eigenvalue weighted by molar-refractivity contribution is -0.141. The largest absolute Gasteiger partial charge is 0.433 e. The van der Waals surface area contributed by atoms with Crippen LogP contribution in [-0.4, -0.2) is 4.98 Å². The zero-order valence-electron chi connectivity index (χ0n) is 7.39. The predicted octanol–water partition coefficient (Wildman–Crippen LogP) is 2.71. The maximum absolute atomic E-state index is 11.8. The number of anilines is 1. The molecular weight excluding hydrogens is 181 g/mol. The first-order chi connectivity index (χ1) is 6.00. The fourth-order valence-electron chi connectivity index (χ4n) is 0.573. The van der Waals surface area contributed by atoms with E-state index in [1.54, 1.807) is 0 Å². The van der Waals surface area contributed by atoms with Crippen LogP contribution in [0.25, 0.3) is 0 Å². The SMILES string of the molecule is CC.Nc1ccc(C(F)(F)F)nc1. The summed E-state index contributed by atoms with van der Waals surface area (Å²) in [6.07, 6.45) is -3.41. The summed E-state index contributed by atoms with van der Waals surface area (Å²) in [5, 5.41) is 0. The summed E-state index contributed by atoms with van der Waals surface area (Å²) in [7, 11) is 0. The Hall–Kier alpha value is -1.26. The van der Waals surface area contributed by atoms with Crippen molar-refractivity contribution in [2.75, 3.05) is 5.73 Å². The van der Waals surface area contributed by atoms with Gasteiger partial charge in [-0.15, -0.1) is 0 Å². The third kappa shape index (κ3) is 3.78. The Bertz CT molecular complexity index is 241. The van der Waals surface area contributed by atoms with Gasteiger partial charge in [0.05, 0.1) is 11.9 Å². The summed E-state index contributed by atoms with van der Waals surface area (Å²) in [5.74, 6) is 0. The van der Waals surface area contributed by atoms with Crippen molar-refractivity contribution in [3.05, 3.63) is 24.0 Å². The van der Waals surface area contributed by atoms with Crippen molar-refractivity contribution in [3.63, 3.8) is 0 Å². The van der Waals surface area contributed by atoms with Crippen molar-refractivity contribution < 1.29 is 13.2 Å². The smallest absolute Gasteiger partial charge is 0.397 e. The summed E-state index contributed by atoms with van der Waals surface area (Å²) < 4.78 is 35.4. The Labute approximate surface area is 74.6 Å². The molecule has 13 heavy (non-hydrogen) atoms. The summed E-state index contributed by atoms with van der Waals surface area (Å²) >= 11 is 0. The molecule has 0 radical (unpaired) electrons. The Morgan fingerprint density at radius 1 is 1.23 bits per heavy atom. The average molecular weight is 192 g/mol. The highest BCUT2D eigenvalue weighted by Gasteiger charge is 2.31. The van der Waals surface area contributed by atoms with Crippen LogP contribution >= 0.6 is 0 Å². The van der Waals surface area contributed by atoms with Crippen molar-refractivity contribution in [1.29, 1.82) is 0 Å². The van der Waals surface area contributed by atoms with Crippen molar-refractivity contribution in [3.8, 4) is 0 Å². The van der Waals surface area contributed by atoms with Crippen LogP contribution in [0.4, 0.5) is 18.9 Å². The van der Waals surface area contributed by atoms with Gasteiger partial charge in [-0.05, 0) is 12.1 Å². The highest BCUT2D eigenvalue weighted by atomic mass is 19.4. The van der Waals surface area contributed by atoms with Gasteiger partial charge < -0.3 is 5.73 Å². The lowest BCUT2D eigenvalue weighted by atomic mass is 10.3. The van der Waals surface area contributed by atoms with E-state index >= 15 is 0 Å². The first-order valence-corrected chi connectivity index (χ1v) is 3.79. The van der Waals surface area contributed by atoms with Gasteiger partial charge >= 0.3 is 6.18 Å². The highest BCUT2D eigenvalue weighted by Crippen LogP contribution is 2.27. The standard InChI is InChI=1S/C6H5F3N2.C2H6/c7-6(8,9)5-2-1-4(10)3-11-5;1-2/h1-3H,10H2;1-2H3. The van der Waals surface area contributed by atoms with Gasteiger partial charge in [0.15, 0.2) is 0 Å². The molecule has 0 aliphatic heterocycles. The Morgan fingerprint density at radius 3 is 2.08 bits per heavy atom. The average Bonchev–Trinajstić information content (AvgIpc) is 2.07. The molecule has 1 heterocycles. The van der Waals surface area contributed by atoms with Crippen molar-refractivity contribution in [1.82, 2.24) is 4.98 Å². The fraction of sp³-hybridized carbons (Fsp3) is 0.375. The molecule has 2 nitrogen and oxygen atoms in total. The lowest BCUT2D eigenvalue weighted by Crippen LogP contribution is -2.07. The van der Waals surface area contributed by atoms with Gasteiger partial charge in [-0.25, -0.2) is 4.98 Å². The van der Waals surface area contributed by atoms with Crippen LogP contribution in [0.5, 0.6) is 0 Å². The molecule has 2 N–H and O–H groups in total. The maximum Gasteiger partial charge on any atom is 0.433 e. The monoisotopic (exact) mass is 192 g/mol. The summed E-state index contributed by atoms with van der Waals surface area (Å²) in [5.41, 5.74) is 4.44.